The average molecular weight is 186 g/mol. The number of aromatic nitrogens is 2. The van der Waals surface area contributed by atoms with Crippen LogP contribution in [0.2, 0.25) is 0 Å². The van der Waals surface area contributed by atoms with Crippen LogP contribution in [0.3, 0.4) is 0 Å². The van der Waals surface area contributed by atoms with E-state index in [1.54, 1.807) is 6.20 Å². The number of rotatable bonds is 0. The molecule has 13 heavy (non-hydrogen) atoms. The molecule has 1 aromatic carbocycles. The maximum atomic E-state index is 4.49. The lowest BCUT2D eigenvalue weighted by Crippen LogP contribution is -1.72. The zero-order chi connectivity index (χ0) is 8.67. The summed E-state index contributed by atoms with van der Waals surface area (Å²) in [6.07, 6.45) is 1.79. The zero-order valence-corrected chi connectivity index (χ0v) is 7.58. The van der Waals surface area contributed by atoms with Crippen molar-refractivity contribution in [3.8, 4) is 10.6 Å². The minimum atomic E-state index is 1.04. The average Bonchev–Trinajstić information content (AvgIpc) is 2.56. The first kappa shape index (κ1) is 6.97. The minimum absolute atomic E-state index is 1.04. The van der Waals surface area contributed by atoms with Crippen LogP contribution >= 0.6 is 11.5 Å². The van der Waals surface area contributed by atoms with Gasteiger partial charge in [0.1, 0.15) is 0 Å². The van der Waals surface area contributed by atoms with Crippen molar-refractivity contribution >= 4 is 22.4 Å². The summed E-state index contributed by atoms with van der Waals surface area (Å²) in [6, 6.07) is 10.1. The van der Waals surface area contributed by atoms with Gasteiger partial charge in [-0.25, -0.2) is 9.36 Å². The SMILES string of the molecule is c1ccc2c3snccc-3nc2c1. The first-order valence-corrected chi connectivity index (χ1v) is 4.81. The Morgan fingerprint density at radius 3 is 3.00 bits per heavy atom. The Labute approximate surface area is 79.4 Å². The predicted octanol–water partition coefficient (Wildman–Crippen LogP) is 2.80. The maximum absolute atomic E-state index is 4.49. The molecule has 62 valence electrons. The largest absolute Gasteiger partial charge is 0.247 e. The third-order valence-corrected chi connectivity index (χ3v) is 2.90. The summed E-state index contributed by atoms with van der Waals surface area (Å²) >= 11 is 1.50. The normalized spacial score (nSPS) is 11.1. The number of nitrogens with zero attached hydrogens (tertiary/aromatic N) is 2. The first-order valence-electron chi connectivity index (χ1n) is 4.04. The van der Waals surface area contributed by atoms with Crippen molar-refractivity contribution in [2.75, 3.05) is 0 Å². The maximum Gasteiger partial charge on any atom is 0.0847 e. The summed E-state index contributed by atoms with van der Waals surface area (Å²) in [5, 5.41) is 1.20. The van der Waals surface area contributed by atoms with Crippen LogP contribution < -0.4 is 0 Å². The second kappa shape index (κ2) is 2.50. The Kier molecular flexibility index (Phi) is 1.34. The van der Waals surface area contributed by atoms with Crippen LogP contribution in [0.4, 0.5) is 0 Å². The van der Waals surface area contributed by atoms with E-state index < -0.39 is 0 Å². The van der Waals surface area contributed by atoms with E-state index in [0.717, 1.165) is 11.2 Å². The van der Waals surface area contributed by atoms with E-state index in [-0.39, 0.29) is 0 Å². The molecular weight excluding hydrogens is 180 g/mol. The van der Waals surface area contributed by atoms with Crippen LogP contribution in [-0.4, -0.2) is 9.36 Å². The molecule has 0 aromatic heterocycles. The van der Waals surface area contributed by atoms with E-state index in [2.05, 4.69) is 15.4 Å². The molecule has 0 bridgehead atoms. The zero-order valence-electron chi connectivity index (χ0n) is 6.77. The number of benzene rings is 1. The fourth-order valence-corrected chi connectivity index (χ4v) is 2.18. The number of fused-ring (bicyclic) bond motifs is 3. The number of hydrogen-bond acceptors (Lipinski definition) is 3. The van der Waals surface area contributed by atoms with Crippen LogP contribution in [-0.2, 0) is 0 Å². The molecule has 0 fully saturated rings. The summed E-state index contributed by atoms with van der Waals surface area (Å²) in [7, 11) is 0. The Morgan fingerprint density at radius 1 is 1.08 bits per heavy atom. The highest BCUT2D eigenvalue weighted by Crippen LogP contribution is 2.32. The van der Waals surface area contributed by atoms with Gasteiger partial charge in [0.2, 0.25) is 0 Å². The van der Waals surface area contributed by atoms with E-state index in [0.29, 0.717) is 0 Å². The molecule has 0 radical (unpaired) electrons. The molecule has 2 aliphatic heterocycles. The fraction of sp³-hybridized carbons (Fsp3) is 0. The van der Waals surface area contributed by atoms with Gasteiger partial charge < -0.3 is 0 Å². The molecule has 3 rings (SSSR count). The van der Waals surface area contributed by atoms with Crippen LogP contribution in [0.1, 0.15) is 0 Å². The molecular formula is C10H6N2S. The summed E-state index contributed by atoms with van der Waals surface area (Å²) < 4.78 is 4.14. The van der Waals surface area contributed by atoms with Crippen LogP contribution in [0.5, 0.6) is 0 Å². The molecule has 0 amide bonds. The molecule has 2 heterocycles. The van der Waals surface area contributed by atoms with Gasteiger partial charge in [0, 0.05) is 11.6 Å². The summed E-state index contributed by atoms with van der Waals surface area (Å²) in [4.78, 5) is 5.66. The highest BCUT2D eigenvalue weighted by molar-refractivity contribution is 7.10. The minimum Gasteiger partial charge on any atom is -0.247 e. The monoisotopic (exact) mass is 186 g/mol. The lowest BCUT2D eigenvalue weighted by Gasteiger charge is -1.91. The molecule has 1 aromatic rings. The molecule has 3 heteroatoms. The summed E-state index contributed by atoms with van der Waals surface area (Å²) in [5.74, 6) is 0. The molecule has 0 N–H and O–H groups in total. The quantitative estimate of drug-likeness (QED) is 0.539. The second-order valence-corrected chi connectivity index (χ2v) is 3.66. The van der Waals surface area contributed by atoms with Crippen molar-refractivity contribution in [3.05, 3.63) is 36.5 Å². The first-order chi connectivity index (χ1) is 6.45. The van der Waals surface area contributed by atoms with Gasteiger partial charge in [0.15, 0.2) is 0 Å². The van der Waals surface area contributed by atoms with E-state index in [1.165, 1.54) is 21.8 Å². The summed E-state index contributed by atoms with van der Waals surface area (Å²) in [6.45, 7) is 0. The van der Waals surface area contributed by atoms with Gasteiger partial charge >= 0.3 is 0 Å². The fourth-order valence-electron chi connectivity index (χ4n) is 1.47. The standard InChI is InChI=1S/C10H6N2S/c1-2-4-8-7(3-1)10-9(12-8)5-6-11-13-10/h1-6H. The van der Waals surface area contributed by atoms with Gasteiger partial charge in [-0.05, 0) is 23.7 Å². The molecule has 2 aliphatic rings. The van der Waals surface area contributed by atoms with E-state index in [9.17, 15) is 0 Å². The van der Waals surface area contributed by atoms with Gasteiger partial charge in [-0.1, -0.05) is 18.2 Å². The van der Waals surface area contributed by atoms with Crippen molar-refractivity contribution < 1.29 is 0 Å². The summed E-state index contributed by atoms with van der Waals surface area (Å²) in [5.41, 5.74) is 2.10. The van der Waals surface area contributed by atoms with E-state index in [1.807, 2.05) is 24.3 Å². The lowest BCUT2D eigenvalue weighted by molar-refractivity contribution is 1.44. The molecule has 0 saturated carbocycles. The van der Waals surface area contributed by atoms with Gasteiger partial charge in [-0.3, -0.25) is 0 Å². The van der Waals surface area contributed by atoms with Gasteiger partial charge in [-0.2, -0.15) is 0 Å². The van der Waals surface area contributed by atoms with Crippen molar-refractivity contribution in [2.45, 2.75) is 0 Å². The topological polar surface area (TPSA) is 25.8 Å². The van der Waals surface area contributed by atoms with E-state index >= 15 is 0 Å². The Balaban J connectivity index is 2.56. The van der Waals surface area contributed by atoms with Crippen molar-refractivity contribution in [2.24, 2.45) is 0 Å². The lowest BCUT2D eigenvalue weighted by atomic mass is 10.2. The van der Waals surface area contributed by atoms with Crippen molar-refractivity contribution in [3.63, 3.8) is 0 Å². The van der Waals surface area contributed by atoms with E-state index in [4.69, 9.17) is 0 Å². The third-order valence-electron chi connectivity index (χ3n) is 2.06. The van der Waals surface area contributed by atoms with Gasteiger partial charge in [0.05, 0.1) is 16.1 Å². The van der Waals surface area contributed by atoms with Gasteiger partial charge in [0.25, 0.3) is 0 Å². The van der Waals surface area contributed by atoms with Gasteiger partial charge in [-0.15, -0.1) is 0 Å². The van der Waals surface area contributed by atoms with Crippen LogP contribution in [0, 0.1) is 0 Å². The molecule has 0 unspecified atom stereocenters. The Bertz CT molecular complexity index is 529. The smallest absolute Gasteiger partial charge is 0.0847 e. The molecule has 2 nitrogen and oxygen atoms in total. The van der Waals surface area contributed by atoms with Crippen LogP contribution in [0.25, 0.3) is 21.5 Å². The molecule has 0 spiro atoms. The molecule has 0 atom stereocenters. The molecule has 0 saturated heterocycles. The Hall–Kier alpha value is -1.48. The highest BCUT2D eigenvalue weighted by Gasteiger charge is 2.10. The van der Waals surface area contributed by atoms with Crippen LogP contribution in [0.15, 0.2) is 36.5 Å². The number of para-hydroxylation sites is 1. The third kappa shape index (κ3) is 0.939. The highest BCUT2D eigenvalue weighted by atomic mass is 32.1. The predicted molar refractivity (Wildman–Crippen MR) is 54.0 cm³/mol. The number of hydrogen-bond donors (Lipinski definition) is 0. The van der Waals surface area contributed by atoms with Crippen molar-refractivity contribution in [1.29, 1.82) is 0 Å². The second-order valence-electron chi connectivity index (χ2n) is 2.86. The Morgan fingerprint density at radius 2 is 2.00 bits per heavy atom. The van der Waals surface area contributed by atoms with Crippen molar-refractivity contribution in [1.82, 2.24) is 9.36 Å². The molecule has 0 aliphatic carbocycles.